The molecule has 82 valence electrons. The van der Waals surface area contributed by atoms with Crippen molar-refractivity contribution < 1.29 is 4.39 Å². The maximum atomic E-state index is 12.7. The van der Waals surface area contributed by atoms with Crippen LogP contribution in [0.25, 0.3) is 0 Å². The Bertz CT molecular complexity index is 485. The van der Waals surface area contributed by atoms with Crippen molar-refractivity contribution in [1.82, 2.24) is 4.98 Å². The zero-order valence-corrected chi connectivity index (χ0v) is 9.16. The summed E-state index contributed by atoms with van der Waals surface area (Å²) in [4.78, 5) is 4.13. The molecule has 2 N–H and O–H groups in total. The van der Waals surface area contributed by atoms with Gasteiger partial charge in [0.25, 0.3) is 0 Å². The highest BCUT2D eigenvalue weighted by atomic mass is 35.5. The second kappa shape index (κ2) is 4.60. The van der Waals surface area contributed by atoms with E-state index < -0.39 is 6.04 Å². The largest absolute Gasteiger partial charge is 0.319 e. The number of nitrogens with two attached hydrogens (primary N) is 1. The molecule has 16 heavy (non-hydrogen) atoms. The van der Waals surface area contributed by atoms with Crippen molar-refractivity contribution in [2.24, 2.45) is 5.73 Å². The molecule has 4 heteroatoms. The average Bonchev–Trinajstić information content (AvgIpc) is 2.30. The van der Waals surface area contributed by atoms with Crippen LogP contribution in [0.3, 0.4) is 0 Å². The van der Waals surface area contributed by atoms with E-state index in [1.54, 1.807) is 30.5 Å². The lowest BCUT2D eigenvalue weighted by Crippen LogP contribution is -2.13. The summed E-state index contributed by atoms with van der Waals surface area (Å²) in [6.07, 6.45) is 1.63. The van der Waals surface area contributed by atoms with Crippen LogP contribution in [0.4, 0.5) is 4.39 Å². The number of aromatic nitrogens is 1. The first-order valence-corrected chi connectivity index (χ1v) is 5.18. The monoisotopic (exact) mass is 236 g/mol. The predicted molar refractivity (Wildman–Crippen MR) is 61.7 cm³/mol. The van der Waals surface area contributed by atoms with Crippen LogP contribution in [0.2, 0.25) is 5.02 Å². The standard InChI is InChI=1S/C12H10ClFN2/c13-10-2-1-7-16-12(10)11(15)8-3-5-9(14)6-4-8/h1-7,11H,15H2. The van der Waals surface area contributed by atoms with Crippen LogP contribution >= 0.6 is 11.6 Å². The lowest BCUT2D eigenvalue weighted by Gasteiger charge is -2.12. The van der Waals surface area contributed by atoms with Crippen molar-refractivity contribution in [3.63, 3.8) is 0 Å². The van der Waals surface area contributed by atoms with Crippen molar-refractivity contribution in [3.05, 3.63) is 64.7 Å². The fourth-order valence-corrected chi connectivity index (χ4v) is 1.69. The number of benzene rings is 1. The van der Waals surface area contributed by atoms with Gasteiger partial charge in [-0.3, -0.25) is 4.98 Å². The first-order chi connectivity index (χ1) is 7.68. The van der Waals surface area contributed by atoms with Gasteiger partial charge in [-0.15, -0.1) is 0 Å². The first kappa shape index (κ1) is 11.0. The lowest BCUT2D eigenvalue weighted by atomic mass is 10.0. The van der Waals surface area contributed by atoms with E-state index in [0.29, 0.717) is 10.7 Å². The molecule has 0 aliphatic heterocycles. The molecule has 0 bridgehead atoms. The maximum absolute atomic E-state index is 12.7. The van der Waals surface area contributed by atoms with Gasteiger partial charge in [0.1, 0.15) is 5.82 Å². The SMILES string of the molecule is NC(c1ccc(F)cc1)c1ncccc1Cl. The van der Waals surface area contributed by atoms with Gasteiger partial charge in [-0.05, 0) is 29.8 Å². The zero-order chi connectivity index (χ0) is 11.5. The molecule has 0 radical (unpaired) electrons. The third-order valence-corrected chi connectivity index (χ3v) is 2.63. The fraction of sp³-hybridized carbons (Fsp3) is 0.0833. The summed E-state index contributed by atoms with van der Waals surface area (Å²) in [5.74, 6) is -0.289. The number of nitrogens with zero attached hydrogens (tertiary/aromatic N) is 1. The molecule has 1 aromatic heterocycles. The minimum Gasteiger partial charge on any atom is -0.319 e. The van der Waals surface area contributed by atoms with E-state index in [4.69, 9.17) is 17.3 Å². The van der Waals surface area contributed by atoms with Crippen LogP contribution in [0.15, 0.2) is 42.6 Å². The Morgan fingerprint density at radius 3 is 2.50 bits per heavy atom. The van der Waals surface area contributed by atoms with Crippen LogP contribution in [-0.2, 0) is 0 Å². The van der Waals surface area contributed by atoms with Crippen LogP contribution < -0.4 is 5.73 Å². The molecule has 0 spiro atoms. The second-order valence-electron chi connectivity index (χ2n) is 3.40. The Morgan fingerprint density at radius 1 is 1.19 bits per heavy atom. The van der Waals surface area contributed by atoms with Crippen LogP contribution in [0.1, 0.15) is 17.3 Å². The normalized spacial score (nSPS) is 12.4. The van der Waals surface area contributed by atoms with Crippen LogP contribution in [0, 0.1) is 5.82 Å². The van der Waals surface area contributed by atoms with Crippen molar-refractivity contribution >= 4 is 11.6 Å². The fourth-order valence-electron chi connectivity index (χ4n) is 1.45. The topological polar surface area (TPSA) is 38.9 Å². The van der Waals surface area contributed by atoms with Crippen LogP contribution in [0.5, 0.6) is 0 Å². The van der Waals surface area contributed by atoms with Gasteiger partial charge in [0, 0.05) is 6.20 Å². The molecule has 0 aliphatic carbocycles. The molecule has 1 heterocycles. The van der Waals surface area contributed by atoms with Gasteiger partial charge in [0.15, 0.2) is 0 Å². The van der Waals surface area contributed by atoms with Crippen molar-refractivity contribution in [2.75, 3.05) is 0 Å². The van der Waals surface area contributed by atoms with Gasteiger partial charge >= 0.3 is 0 Å². The summed E-state index contributed by atoms with van der Waals surface area (Å²) in [5, 5.41) is 0.513. The highest BCUT2D eigenvalue weighted by molar-refractivity contribution is 6.31. The van der Waals surface area contributed by atoms with E-state index in [1.165, 1.54) is 12.1 Å². The Morgan fingerprint density at radius 2 is 1.88 bits per heavy atom. The highest BCUT2D eigenvalue weighted by Gasteiger charge is 2.13. The van der Waals surface area contributed by atoms with Crippen molar-refractivity contribution in [3.8, 4) is 0 Å². The number of pyridine rings is 1. The third kappa shape index (κ3) is 2.21. The molecule has 0 fully saturated rings. The minimum atomic E-state index is -0.436. The van der Waals surface area contributed by atoms with Crippen molar-refractivity contribution in [1.29, 1.82) is 0 Å². The van der Waals surface area contributed by atoms with Gasteiger partial charge in [0.05, 0.1) is 16.8 Å². The highest BCUT2D eigenvalue weighted by Crippen LogP contribution is 2.24. The Kier molecular flexibility index (Phi) is 3.17. The Balaban J connectivity index is 2.35. The number of hydrogen-bond donors (Lipinski definition) is 1. The second-order valence-corrected chi connectivity index (χ2v) is 3.81. The summed E-state index contributed by atoms with van der Waals surface area (Å²) in [6, 6.07) is 9.03. The van der Waals surface area contributed by atoms with Crippen molar-refractivity contribution in [2.45, 2.75) is 6.04 Å². The molecule has 0 saturated heterocycles. The Hall–Kier alpha value is -1.45. The minimum absolute atomic E-state index is 0.289. The number of rotatable bonds is 2. The predicted octanol–water partition coefficient (Wildman–Crippen LogP) is 2.92. The maximum Gasteiger partial charge on any atom is 0.123 e. The molecule has 2 rings (SSSR count). The van der Waals surface area contributed by atoms with E-state index in [0.717, 1.165) is 5.56 Å². The summed E-state index contributed by atoms with van der Waals surface area (Å²) >= 11 is 5.98. The summed E-state index contributed by atoms with van der Waals surface area (Å²) in [6.45, 7) is 0. The molecular formula is C12H10ClFN2. The summed E-state index contributed by atoms with van der Waals surface area (Å²) < 4.78 is 12.7. The molecule has 1 unspecified atom stereocenters. The van der Waals surface area contributed by atoms with E-state index in [9.17, 15) is 4.39 Å². The molecule has 2 aromatic rings. The number of hydrogen-bond acceptors (Lipinski definition) is 2. The third-order valence-electron chi connectivity index (χ3n) is 2.31. The van der Waals surface area contributed by atoms with Gasteiger partial charge in [-0.25, -0.2) is 4.39 Å². The summed E-state index contributed by atoms with van der Waals surface area (Å²) in [5.41, 5.74) is 7.37. The van der Waals surface area contributed by atoms with E-state index in [2.05, 4.69) is 4.98 Å². The van der Waals surface area contributed by atoms with Crippen LogP contribution in [-0.4, -0.2) is 4.98 Å². The van der Waals surface area contributed by atoms with E-state index in [-0.39, 0.29) is 5.82 Å². The molecule has 0 saturated carbocycles. The van der Waals surface area contributed by atoms with Gasteiger partial charge in [0.2, 0.25) is 0 Å². The van der Waals surface area contributed by atoms with Gasteiger partial charge in [-0.2, -0.15) is 0 Å². The lowest BCUT2D eigenvalue weighted by molar-refractivity contribution is 0.626. The van der Waals surface area contributed by atoms with E-state index >= 15 is 0 Å². The molecule has 0 aliphatic rings. The first-order valence-electron chi connectivity index (χ1n) is 4.80. The molecule has 1 aromatic carbocycles. The average molecular weight is 237 g/mol. The van der Waals surface area contributed by atoms with E-state index in [1.807, 2.05) is 0 Å². The molecular weight excluding hydrogens is 227 g/mol. The van der Waals surface area contributed by atoms with Gasteiger partial charge < -0.3 is 5.73 Å². The zero-order valence-electron chi connectivity index (χ0n) is 8.40. The molecule has 0 amide bonds. The summed E-state index contributed by atoms with van der Waals surface area (Å²) in [7, 11) is 0. The molecule has 1 atom stereocenters. The quantitative estimate of drug-likeness (QED) is 0.871. The molecule has 2 nitrogen and oxygen atoms in total. The number of halogens is 2. The Labute approximate surface area is 97.9 Å². The smallest absolute Gasteiger partial charge is 0.123 e. The van der Waals surface area contributed by atoms with Gasteiger partial charge in [-0.1, -0.05) is 23.7 Å².